The van der Waals surface area contributed by atoms with Crippen molar-refractivity contribution in [3.05, 3.63) is 23.3 Å². The number of rotatable bonds is 6. The average Bonchev–Trinajstić information content (AvgIpc) is 2.00. The van der Waals surface area contributed by atoms with Crippen LogP contribution in [0.3, 0.4) is 0 Å². The van der Waals surface area contributed by atoms with Crippen LogP contribution in [0.4, 0.5) is 0 Å². The van der Waals surface area contributed by atoms with Crippen LogP contribution in [-0.4, -0.2) is 17.0 Å². The molecule has 86 valence electrons. The summed E-state index contributed by atoms with van der Waals surface area (Å²) in [6.07, 6.45) is 4.89. The highest BCUT2D eigenvalue weighted by atomic mass is 16.3. The predicted molar refractivity (Wildman–Crippen MR) is 63.7 cm³/mol. The van der Waals surface area contributed by atoms with Gasteiger partial charge in [-0.25, -0.2) is 0 Å². The van der Waals surface area contributed by atoms with Gasteiger partial charge in [0.1, 0.15) is 0 Å². The van der Waals surface area contributed by atoms with E-state index >= 15 is 0 Å². The minimum atomic E-state index is -0.510. The second kappa shape index (κ2) is 7.41. The molecule has 0 spiro atoms. The third-order valence-corrected chi connectivity index (χ3v) is 1.94. The molecule has 0 radical (unpaired) electrons. The van der Waals surface area contributed by atoms with Gasteiger partial charge < -0.3 is 5.11 Å². The first-order valence-electron chi connectivity index (χ1n) is 5.41. The van der Waals surface area contributed by atoms with Crippen molar-refractivity contribution in [2.45, 2.75) is 53.1 Å². The molecule has 0 fully saturated rings. The quantitative estimate of drug-likeness (QED) is 0.540. The molecule has 1 N–H and O–H groups in total. The largest absolute Gasteiger partial charge is 0.393 e. The standard InChI is InChI=1S/C13H22O2/c1-10(2)6-5-7-12(14)9-13(15)8-11(3)4/h6,8,12,14H,5,7,9H2,1-4H3. The third-order valence-electron chi connectivity index (χ3n) is 1.94. The Hall–Kier alpha value is -0.890. The van der Waals surface area contributed by atoms with Crippen LogP contribution in [0.25, 0.3) is 0 Å². The number of hydrogen-bond acceptors (Lipinski definition) is 2. The molecule has 0 heterocycles. The fourth-order valence-corrected chi connectivity index (χ4v) is 1.28. The lowest BCUT2D eigenvalue weighted by molar-refractivity contribution is -0.116. The fraction of sp³-hybridized carbons (Fsp3) is 0.615. The highest BCUT2D eigenvalue weighted by Gasteiger charge is 2.07. The summed E-state index contributed by atoms with van der Waals surface area (Å²) >= 11 is 0. The SMILES string of the molecule is CC(C)=CCCC(O)CC(=O)C=C(C)C. The molecule has 0 amide bonds. The van der Waals surface area contributed by atoms with Crippen molar-refractivity contribution in [1.29, 1.82) is 0 Å². The van der Waals surface area contributed by atoms with Crippen molar-refractivity contribution >= 4 is 5.78 Å². The first-order valence-corrected chi connectivity index (χ1v) is 5.41. The first-order chi connectivity index (χ1) is 6.91. The lowest BCUT2D eigenvalue weighted by Crippen LogP contribution is -2.11. The molecular formula is C13H22O2. The van der Waals surface area contributed by atoms with Crippen molar-refractivity contribution in [1.82, 2.24) is 0 Å². The molecule has 0 saturated heterocycles. The van der Waals surface area contributed by atoms with Gasteiger partial charge in [0.05, 0.1) is 6.10 Å². The van der Waals surface area contributed by atoms with Gasteiger partial charge in [-0.3, -0.25) is 4.79 Å². The molecule has 0 aliphatic rings. The van der Waals surface area contributed by atoms with Gasteiger partial charge in [0.25, 0.3) is 0 Å². The number of ketones is 1. The van der Waals surface area contributed by atoms with Crippen LogP contribution in [0.1, 0.15) is 47.0 Å². The Bertz CT molecular complexity index is 254. The van der Waals surface area contributed by atoms with Gasteiger partial charge in [0.2, 0.25) is 0 Å². The molecule has 0 aliphatic heterocycles. The molecule has 2 heteroatoms. The van der Waals surface area contributed by atoms with Crippen LogP contribution in [-0.2, 0) is 4.79 Å². The molecule has 0 aromatic carbocycles. The summed E-state index contributed by atoms with van der Waals surface area (Å²) < 4.78 is 0. The Morgan fingerprint density at radius 3 is 2.27 bits per heavy atom. The van der Waals surface area contributed by atoms with E-state index < -0.39 is 6.10 Å². The number of hydrogen-bond donors (Lipinski definition) is 1. The normalized spacial score (nSPS) is 11.8. The summed E-state index contributed by atoms with van der Waals surface area (Å²) in [6.45, 7) is 7.82. The van der Waals surface area contributed by atoms with E-state index in [1.54, 1.807) is 6.08 Å². The lowest BCUT2D eigenvalue weighted by Gasteiger charge is -2.06. The van der Waals surface area contributed by atoms with Gasteiger partial charge in [0, 0.05) is 6.42 Å². The molecule has 0 bridgehead atoms. The fourth-order valence-electron chi connectivity index (χ4n) is 1.28. The summed E-state index contributed by atoms with van der Waals surface area (Å²) in [4.78, 5) is 11.3. The molecule has 0 rings (SSSR count). The molecule has 1 unspecified atom stereocenters. The average molecular weight is 210 g/mol. The zero-order chi connectivity index (χ0) is 11.8. The number of aliphatic hydroxyl groups is 1. The topological polar surface area (TPSA) is 37.3 Å². The maximum atomic E-state index is 11.3. The molecule has 0 aliphatic carbocycles. The van der Waals surface area contributed by atoms with E-state index in [0.29, 0.717) is 6.42 Å². The molecule has 15 heavy (non-hydrogen) atoms. The summed E-state index contributed by atoms with van der Waals surface area (Å²) in [5, 5.41) is 9.57. The molecule has 0 aromatic rings. The number of allylic oxidation sites excluding steroid dienone is 4. The van der Waals surface area contributed by atoms with E-state index in [-0.39, 0.29) is 12.2 Å². The Morgan fingerprint density at radius 1 is 1.20 bits per heavy atom. The van der Waals surface area contributed by atoms with E-state index in [1.165, 1.54) is 5.57 Å². The molecular weight excluding hydrogens is 188 g/mol. The lowest BCUT2D eigenvalue weighted by atomic mass is 10.1. The van der Waals surface area contributed by atoms with E-state index in [1.807, 2.05) is 27.7 Å². The van der Waals surface area contributed by atoms with Crippen molar-refractivity contribution in [2.75, 3.05) is 0 Å². The smallest absolute Gasteiger partial charge is 0.158 e. The van der Waals surface area contributed by atoms with Crippen molar-refractivity contribution < 1.29 is 9.90 Å². The number of aliphatic hydroxyl groups excluding tert-OH is 1. The van der Waals surface area contributed by atoms with Crippen LogP contribution in [0.5, 0.6) is 0 Å². The molecule has 1 atom stereocenters. The molecule has 2 nitrogen and oxygen atoms in total. The Kier molecular flexibility index (Phi) is 6.97. The first kappa shape index (κ1) is 14.1. The second-order valence-corrected chi connectivity index (χ2v) is 4.40. The van der Waals surface area contributed by atoms with E-state index in [0.717, 1.165) is 12.0 Å². The van der Waals surface area contributed by atoms with E-state index in [4.69, 9.17) is 0 Å². The molecule has 0 aromatic heterocycles. The van der Waals surface area contributed by atoms with Crippen LogP contribution in [0, 0.1) is 0 Å². The van der Waals surface area contributed by atoms with Crippen LogP contribution in [0.2, 0.25) is 0 Å². The van der Waals surface area contributed by atoms with Crippen LogP contribution >= 0.6 is 0 Å². The van der Waals surface area contributed by atoms with Gasteiger partial charge in [0.15, 0.2) is 5.78 Å². The van der Waals surface area contributed by atoms with Gasteiger partial charge in [-0.05, 0) is 46.6 Å². The maximum absolute atomic E-state index is 11.3. The zero-order valence-electron chi connectivity index (χ0n) is 10.2. The highest BCUT2D eigenvalue weighted by molar-refractivity contribution is 5.90. The summed E-state index contributed by atoms with van der Waals surface area (Å²) in [7, 11) is 0. The van der Waals surface area contributed by atoms with Crippen molar-refractivity contribution in [2.24, 2.45) is 0 Å². The van der Waals surface area contributed by atoms with Crippen LogP contribution < -0.4 is 0 Å². The van der Waals surface area contributed by atoms with Crippen molar-refractivity contribution in [3.8, 4) is 0 Å². The number of carbonyl (C=O) groups is 1. The summed E-state index contributed by atoms with van der Waals surface area (Å²) in [6, 6.07) is 0. The third kappa shape index (κ3) is 9.42. The van der Waals surface area contributed by atoms with Gasteiger partial charge >= 0.3 is 0 Å². The van der Waals surface area contributed by atoms with Crippen LogP contribution in [0.15, 0.2) is 23.3 Å². The Balaban J connectivity index is 3.84. The van der Waals surface area contributed by atoms with Gasteiger partial charge in [-0.15, -0.1) is 0 Å². The Labute approximate surface area is 92.7 Å². The van der Waals surface area contributed by atoms with Crippen molar-refractivity contribution in [3.63, 3.8) is 0 Å². The van der Waals surface area contributed by atoms with E-state index in [2.05, 4.69) is 6.08 Å². The number of carbonyl (C=O) groups excluding carboxylic acids is 1. The molecule has 0 saturated carbocycles. The summed E-state index contributed by atoms with van der Waals surface area (Å²) in [5.74, 6) is 0.0136. The van der Waals surface area contributed by atoms with E-state index in [9.17, 15) is 9.90 Å². The monoisotopic (exact) mass is 210 g/mol. The maximum Gasteiger partial charge on any atom is 0.158 e. The minimum Gasteiger partial charge on any atom is -0.393 e. The minimum absolute atomic E-state index is 0.0136. The van der Waals surface area contributed by atoms with Gasteiger partial charge in [-0.1, -0.05) is 17.2 Å². The Morgan fingerprint density at radius 2 is 1.80 bits per heavy atom. The predicted octanol–water partition coefficient (Wildman–Crippen LogP) is 3.02. The highest BCUT2D eigenvalue weighted by Crippen LogP contribution is 2.06. The second-order valence-electron chi connectivity index (χ2n) is 4.40. The van der Waals surface area contributed by atoms with Gasteiger partial charge in [-0.2, -0.15) is 0 Å². The summed E-state index contributed by atoms with van der Waals surface area (Å²) in [5.41, 5.74) is 2.23. The zero-order valence-corrected chi connectivity index (χ0v) is 10.2.